The minimum atomic E-state index is -4.54. The zero-order valence-electron chi connectivity index (χ0n) is 14.4. The Hall–Kier alpha value is -2.68. The van der Waals surface area contributed by atoms with Crippen molar-refractivity contribution in [1.29, 1.82) is 0 Å². The van der Waals surface area contributed by atoms with Gasteiger partial charge in [0.2, 0.25) is 0 Å². The summed E-state index contributed by atoms with van der Waals surface area (Å²) in [5.41, 5.74) is -0.740. The summed E-state index contributed by atoms with van der Waals surface area (Å²) in [5, 5.41) is 3.01. The number of alkyl halides is 3. The Balaban J connectivity index is 2.19. The third kappa shape index (κ3) is 4.09. The molecule has 3 rings (SSSR count). The van der Waals surface area contributed by atoms with E-state index in [1.807, 2.05) is 0 Å². The summed E-state index contributed by atoms with van der Waals surface area (Å²) in [6, 6.07) is 7.17. The summed E-state index contributed by atoms with van der Waals surface area (Å²) in [6.07, 6.45) is -3.43. The third-order valence-corrected chi connectivity index (χ3v) is 4.38. The van der Waals surface area contributed by atoms with Gasteiger partial charge < -0.3 is 10.1 Å². The van der Waals surface area contributed by atoms with Crippen LogP contribution in [0, 0.1) is 5.82 Å². The van der Waals surface area contributed by atoms with Crippen molar-refractivity contribution in [3.63, 3.8) is 0 Å². The van der Waals surface area contributed by atoms with Crippen molar-refractivity contribution < 1.29 is 27.1 Å². The molecule has 146 valence electrons. The molecule has 0 radical (unpaired) electrons. The molecule has 1 heterocycles. The number of hydrogen-bond acceptors (Lipinski definition) is 4. The standard InChI is InChI=1S/C19H13BrF4N2O2/c1-2-28-18(27)13-9-25-16-7-10(19(22,23)24)3-5-12(16)17(13)26-15-6-4-11(20)8-14(15)21/h3-9H,2H2,1H3,(H,25,26). The van der Waals surface area contributed by atoms with E-state index in [2.05, 4.69) is 26.2 Å². The number of aromatic nitrogens is 1. The number of rotatable bonds is 4. The number of nitrogens with one attached hydrogen (secondary N) is 1. The van der Waals surface area contributed by atoms with Gasteiger partial charge in [0, 0.05) is 16.1 Å². The van der Waals surface area contributed by atoms with Crippen LogP contribution in [0.3, 0.4) is 0 Å². The predicted molar refractivity (Wildman–Crippen MR) is 100 cm³/mol. The smallest absolute Gasteiger partial charge is 0.416 e. The van der Waals surface area contributed by atoms with Crippen molar-refractivity contribution in [3.05, 3.63) is 64.0 Å². The first-order chi connectivity index (χ1) is 13.2. The van der Waals surface area contributed by atoms with E-state index in [4.69, 9.17) is 4.74 Å². The van der Waals surface area contributed by atoms with E-state index in [1.54, 1.807) is 13.0 Å². The Labute approximate surface area is 165 Å². The van der Waals surface area contributed by atoms with Crippen LogP contribution in [0.25, 0.3) is 10.9 Å². The summed E-state index contributed by atoms with van der Waals surface area (Å²) >= 11 is 3.15. The first-order valence-corrected chi connectivity index (χ1v) is 8.89. The van der Waals surface area contributed by atoms with Gasteiger partial charge in [-0.3, -0.25) is 4.98 Å². The number of nitrogens with zero attached hydrogens (tertiary/aromatic N) is 1. The first kappa shape index (κ1) is 20.1. The van der Waals surface area contributed by atoms with Gasteiger partial charge in [0.05, 0.1) is 29.1 Å². The van der Waals surface area contributed by atoms with E-state index in [1.165, 1.54) is 18.2 Å². The quantitative estimate of drug-likeness (QED) is 0.382. The highest BCUT2D eigenvalue weighted by atomic mass is 79.9. The molecule has 1 aromatic heterocycles. The average Bonchev–Trinajstić information content (AvgIpc) is 2.63. The van der Waals surface area contributed by atoms with E-state index in [0.717, 1.165) is 18.3 Å². The van der Waals surface area contributed by atoms with Crippen LogP contribution in [0.1, 0.15) is 22.8 Å². The summed E-state index contributed by atoms with van der Waals surface area (Å²) in [7, 11) is 0. The molecule has 0 saturated heterocycles. The van der Waals surface area contributed by atoms with Crippen LogP contribution in [0.5, 0.6) is 0 Å². The molecule has 0 fully saturated rings. The fraction of sp³-hybridized carbons (Fsp3) is 0.158. The van der Waals surface area contributed by atoms with Crippen LogP contribution >= 0.6 is 15.9 Å². The van der Waals surface area contributed by atoms with Crippen LogP contribution < -0.4 is 5.32 Å². The Bertz CT molecular complexity index is 1050. The molecule has 9 heteroatoms. The number of esters is 1. The number of carbonyl (C=O) groups is 1. The van der Waals surface area contributed by atoms with Gasteiger partial charge in [-0.15, -0.1) is 0 Å². The molecule has 0 bridgehead atoms. The number of benzene rings is 2. The number of pyridine rings is 1. The molecule has 28 heavy (non-hydrogen) atoms. The number of anilines is 2. The zero-order valence-corrected chi connectivity index (χ0v) is 16.0. The molecular weight excluding hydrogens is 444 g/mol. The van der Waals surface area contributed by atoms with Gasteiger partial charge >= 0.3 is 12.1 Å². The minimum Gasteiger partial charge on any atom is -0.462 e. The number of hydrogen-bond donors (Lipinski definition) is 1. The molecule has 0 spiro atoms. The fourth-order valence-electron chi connectivity index (χ4n) is 2.59. The molecule has 0 unspecified atom stereocenters. The van der Waals surface area contributed by atoms with Crippen LogP contribution in [0.2, 0.25) is 0 Å². The van der Waals surface area contributed by atoms with Gasteiger partial charge in [0.25, 0.3) is 0 Å². The lowest BCUT2D eigenvalue weighted by Gasteiger charge is -2.16. The topological polar surface area (TPSA) is 51.2 Å². The molecule has 1 N–H and O–H groups in total. The van der Waals surface area contributed by atoms with Gasteiger partial charge in [0.15, 0.2) is 0 Å². The monoisotopic (exact) mass is 456 g/mol. The van der Waals surface area contributed by atoms with E-state index in [9.17, 15) is 22.4 Å². The molecule has 0 aliphatic rings. The van der Waals surface area contributed by atoms with Gasteiger partial charge in [0.1, 0.15) is 11.4 Å². The van der Waals surface area contributed by atoms with Crippen LogP contribution in [0.15, 0.2) is 47.1 Å². The maximum Gasteiger partial charge on any atom is 0.416 e. The normalized spacial score (nSPS) is 11.5. The Morgan fingerprint density at radius 1 is 1.21 bits per heavy atom. The van der Waals surface area contributed by atoms with Gasteiger partial charge in [-0.25, -0.2) is 9.18 Å². The molecule has 0 aliphatic carbocycles. The number of halogens is 5. The Morgan fingerprint density at radius 2 is 1.96 bits per heavy atom. The minimum absolute atomic E-state index is 0.00268. The maximum absolute atomic E-state index is 14.3. The second kappa shape index (κ2) is 7.75. The highest BCUT2D eigenvalue weighted by molar-refractivity contribution is 9.10. The molecular formula is C19H13BrF4N2O2. The Morgan fingerprint density at radius 3 is 2.61 bits per heavy atom. The van der Waals surface area contributed by atoms with E-state index in [-0.39, 0.29) is 34.4 Å². The first-order valence-electron chi connectivity index (χ1n) is 8.10. The van der Waals surface area contributed by atoms with Crippen molar-refractivity contribution in [2.45, 2.75) is 13.1 Å². The van der Waals surface area contributed by atoms with E-state index >= 15 is 0 Å². The molecule has 0 aliphatic heterocycles. The van der Waals surface area contributed by atoms with E-state index < -0.39 is 23.5 Å². The fourth-order valence-corrected chi connectivity index (χ4v) is 2.93. The largest absolute Gasteiger partial charge is 0.462 e. The van der Waals surface area contributed by atoms with Gasteiger partial charge in [-0.1, -0.05) is 22.0 Å². The highest BCUT2D eigenvalue weighted by Crippen LogP contribution is 2.35. The molecule has 3 aromatic rings. The lowest BCUT2D eigenvalue weighted by atomic mass is 10.1. The van der Waals surface area contributed by atoms with Crippen molar-refractivity contribution in [1.82, 2.24) is 4.98 Å². The highest BCUT2D eigenvalue weighted by Gasteiger charge is 2.31. The molecule has 2 aromatic carbocycles. The van der Waals surface area contributed by atoms with Crippen LogP contribution in [-0.2, 0) is 10.9 Å². The maximum atomic E-state index is 14.3. The molecule has 0 saturated carbocycles. The molecule has 4 nitrogen and oxygen atoms in total. The SMILES string of the molecule is CCOC(=O)c1cnc2cc(C(F)(F)F)ccc2c1Nc1ccc(Br)cc1F. The second-order valence-corrected chi connectivity index (χ2v) is 6.66. The number of ether oxygens (including phenoxy) is 1. The number of carbonyl (C=O) groups excluding carboxylic acids is 1. The van der Waals surface area contributed by atoms with Gasteiger partial charge in [-0.2, -0.15) is 13.2 Å². The zero-order chi connectivity index (χ0) is 20.5. The van der Waals surface area contributed by atoms with Crippen molar-refractivity contribution >= 4 is 44.2 Å². The van der Waals surface area contributed by atoms with E-state index in [0.29, 0.717) is 4.47 Å². The summed E-state index contributed by atoms with van der Waals surface area (Å²) in [4.78, 5) is 16.2. The summed E-state index contributed by atoms with van der Waals surface area (Å²) in [5.74, 6) is -1.34. The van der Waals surface area contributed by atoms with Crippen LogP contribution in [0.4, 0.5) is 28.9 Å². The molecule has 0 amide bonds. The number of fused-ring (bicyclic) bond motifs is 1. The predicted octanol–water partition coefficient (Wildman–Crippen LogP) is 6.08. The Kier molecular flexibility index (Phi) is 5.55. The second-order valence-electron chi connectivity index (χ2n) is 5.75. The molecule has 0 atom stereocenters. The van der Waals surface area contributed by atoms with Crippen molar-refractivity contribution in [3.8, 4) is 0 Å². The summed E-state index contributed by atoms with van der Waals surface area (Å²) in [6.45, 7) is 1.71. The van der Waals surface area contributed by atoms with Crippen LogP contribution in [-0.4, -0.2) is 17.6 Å². The average molecular weight is 457 g/mol. The summed E-state index contributed by atoms with van der Waals surface area (Å²) < 4.78 is 58.7. The lowest BCUT2D eigenvalue weighted by Crippen LogP contribution is -2.10. The van der Waals surface area contributed by atoms with Crippen molar-refractivity contribution in [2.24, 2.45) is 0 Å². The third-order valence-electron chi connectivity index (χ3n) is 3.88. The lowest BCUT2D eigenvalue weighted by molar-refractivity contribution is -0.137. The van der Waals surface area contributed by atoms with Gasteiger partial charge in [-0.05, 0) is 37.3 Å². The van der Waals surface area contributed by atoms with Crippen molar-refractivity contribution in [2.75, 3.05) is 11.9 Å².